The average molecular weight is 402 g/mol. The van der Waals surface area contributed by atoms with Gasteiger partial charge in [-0.1, -0.05) is 0 Å². The van der Waals surface area contributed by atoms with E-state index in [2.05, 4.69) is 14.9 Å². The Bertz CT molecular complexity index is 826. The predicted molar refractivity (Wildman–Crippen MR) is 95.7 cm³/mol. The molecule has 2 aromatic rings. The lowest BCUT2D eigenvalue weighted by Gasteiger charge is -2.40. The van der Waals surface area contributed by atoms with Crippen LogP contribution in [0.1, 0.15) is 6.42 Å². The number of anilines is 1. The summed E-state index contributed by atoms with van der Waals surface area (Å²) in [5.41, 5.74) is 6.47. The van der Waals surface area contributed by atoms with Gasteiger partial charge in [-0.3, -0.25) is 0 Å². The first-order valence-corrected chi connectivity index (χ1v) is 8.33. The van der Waals surface area contributed by atoms with E-state index in [0.717, 1.165) is 42.8 Å². The second-order valence-corrected chi connectivity index (χ2v) is 6.07. The minimum Gasteiger partial charge on any atom is -0.493 e. The number of ether oxygens (including phenoxy) is 2. The zero-order valence-corrected chi connectivity index (χ0v) is 15.4. The number of carbonyl (C=O) groups is 1. The fourth-order valence-electron chi connectivity index (χ4n) is 2.78. The molecule has 0 unspecified atom stereocenters. The van der Waals surface area contributed by atoms with Gasteiger partial charge >= 0.3 is 12.1 Å². The Kier molecular flexibility index (Phi) is 6.84. The highest BCUT2D eigenvalue weighted by Gasteiger charge is 2.38. The van der Waals surface area contributed by atoms with Crippen LogP contribution in [0.2, 0.25) is 0 Å². The van der Waals surface area contributed by atoms with Crippen LogP contribution in [0.3, 0.4) is 0 Å². The molecule has 0 saturated carbocycles. The normalized spacial score (nSPS) is 14.1. The van der Waals surface area contributed by atoms with Gasteiger partial charge < -0.3 is 25.2 Å². The number of carboxylic acids is 1. The van der Waals surface area contributed by atoms with E-state index in [1.807, 2.05) is 12.1 Å². The minimum atomic E-state index is -5.08. The maximum absolute atomic E-state index is 10.6. The van der Waals surface area contributed by atoms with Crippen LogP contribution < -0.4 is 20.1 Å². The van der Waals surface area contributed by atoms with Gasteiger partial charge in [0.05, 0.1) is 19.7 Å². The number of aromatic nitrogens is 2. The van der Waals surface area contributed by atoms with Crippen LogP contribution in [0.5, 0.6) is 11.5 Å². The van der Waals surface area contributed by atoms with Crippen LogP contribution in [0.4, 0.5) is 19.0 Å². The lowest BCUT2D eigenvalue weighted by Crippen LogP contribution is -2.48. The predicted octanol–water partition coefficient (Wildman–Crippen LogP) is 2.07. The third kappa shape index (κ3) is 4.91. The zero-order chi connectivity index (χ0) is 20.9. The molecule has 0 atom stereocenters. The van der Waals surface area contributed by atoms with Crippen LogP contribution in [0, 0.1) is 5.92 Å². The summed E-state index contributed by atoms with van der Waals surface area (Å²) >= 11 is 0. The van der Waals surface area contributed by atoms with E-state index >= 15 is 0 Å². The number of fused-ring (bicyclic) bond motifs is 1. The molecule has 154 valence electrons. The van der Waals surface area contributed by atoms with Crippen LogP contribution in [-0.4, -0.2) is 61.1 Å². The summed E-state index contributed by atoms with van der Waals surface area (Å²) in [4.78, 5) is 19.9. The average Bonchev–Trinajstić information content (AvgIpc) is 2.62. The number of methoxy groups -OCH3 is 2. The lowest BCUT2D eigenvalue weighted by molar-refractivity contribution is -0.192. The lowest BCUT2D eigenvalue weighted by atomic mass is 9.96. The Hall–Kier alpha value is -2.82. The highest BCUT2D eigenvalue weighted by atomic mass is 19.4. The van der Waals surface area contributed by atoms with Gasteiger partial charge in [0.1, 0.15) is 12.1 Å². The summed E-state index contributed by atoms with van der Waals surface area (Å²) in [6, 6.07) is 3.83. The Morgan fingerprint density at radius 2 is 1.82 bits per heavy atom. The Morgan fingerprint density at radius 1 is 1.25 bits per heavy atom. The van der Waals surface area contributed by atoms with E-state index < -0.39 is 12.1 Å². The number of rotatable bonds is 5. The molecule has 1 saturated heterocycles. The van der Waals surface area contributed by atoms with Gasteiger partial charge in [0.25, 0.3) is 0 Å². The van der Waals surface area contributed by atoms with Crippen LogP contribution in [0.15, 0.2) is 18.5 Å². The second-order valence-electron chi connectivity index (χ2n) is 6.07. The number of nitrogens with zero attached hydrogens (tertiary/aromatic N) is 3. The molecular weight excluding hydrogens is 381 g/mol. The molecule has 11 heteroatoms. The monoisotopic (exact) mass is 402 g/mol. The molecule has 0 aliphatic carbocycles. The molecule has 0 amide bonds. The van der Waals surface area contributed by atoms with Gasteiger partial charge in [0.15, 0.2) is 11.5 Å². The largest absolute Gasteiger partial charge is 0.493 e. The van der Waals surface area contributed by atoms with Crippen molar-refractivity contribution in [3.8, 4) is 11.5 Å². The number of carboxylic acid groups (broad SMARTS) is 1. The number of alkyl halides is 3. The smallest absolute Gasteiger partial charge is 0.490 e. The SMILES string of the molecule is COc1cc2ncnc(N3CC(CCN)C3)c2cc1OC.O=C(O)C(F)(F)F. The van der Waals surface area contributed by atoms with Crippen LogP contribution in [0.25, 0.3) is 10.9 Å². The second kappa shape index (κ2) is 8.91. The third-order valence-electron chi connectivity index (χ3n) is 4.19. The molecule has 0 spiro atoms. The third-order valence-corrected chi connectivity index (χ3v) is 4.19. The molecule has 1 fully saturated rings. The van der Waals surface area contributed by atoms with Crippen molar-refractivity contribution >= 4 is 22.7 Å². The minimum absolute atomic E-state index is 0.667. The summed E-state index contributed by atoms with van der Waals surface area (Å²) in [5.74, 6) is 0.237. The van der Waals surface area contributed by atoms with Crippen molar-refractivity contribution in [3.05, 3.63) is 18.5 Å². The van der Waals surface area contributed by atoms with Crippen molar-refractivity contribution in [2.75, 3.05) is 38.8 Å². The van der Waals surface area contributed by atoms with Gasteiger partial charge in [0.2, 0.25) is 0 Å². The van der Waals surface area contributed by atoms with Crippen molar-refractivity contribution in [2.24, 2.45) is 11.7 Å². The maximum atomic E-state index is 10.6. The number of aliphatic carboxylic acids is 1. The summed E-state index contributed by atoms with van der Waals surface area (Å²) in [7, 11) is 3.26. The van der Waals surface area contributed by atoms with Gasteiger partial charge in [0, 0.05) is 24.5 Å². The van der Waals surface area contributed by atoms with Gasteiger partial charge in [-0.05, 0) is 24.9 Å². The summed E-state index contributed by atoms with van der Waals surface area (Å²) in [5, 5.41) is 8.11. The highest BCUT2D eigenvalue weighted by Crippen LogP contribution is 2.36. The molecule has 0 bridgehead atoms. The molecule has 3 rings (SSSR count). The number of nitrogens with two attached hydrogens (primary N) is 1. The number of hydrogen-bond acceptors (Lipinski definition) is 7. The molecule has 1 aliphatic rings. The van der Waals surface area contributed by atoms with Crippen LogP contribution in [-0.2, 0) is 4.79 Å². The molecular formula is C17H21F3N4O4. The van der Waals surface area contributed by atoms with E-state index in [1.165, 1.54) is 0 Å². The van der Waals surface area contributed by atoms with E-state index in [9.17, 15) is 13.2 Å². The van der Waals surface area contributed by atoms with Crippen molar-refractivity contribution < 1.29 is 32.5 Å². The zero-order valence-electron chi connectivity index (χ0n) is 15.4. The van der Waals surface area contributed by atoms with Crippen LogP contribution >= 0.6 is 0 Å². The van der Waals surface area contributed by atoms with E-state index in [-0.39, 0.29) is 0 Å². The van der Waals surface area contributed by atoms with Gasteiger partial charge in [-0.2, -0.15) is 13.2 Å². The van der Waals surface area contributed by atoms with E-state index in [0.29, 0.717) is 17.4 Å². The molecule has 1 aliphatic heterocycles. The summed E-state index contributed by atoms with van der Waals surface area (Å²) < 4.78 is 42.4. The molecule has 8 nitrogen and oxygen atoms in total. The topological polar surface area (TPSA) is 111 Å². The van der Waals surface area contributed by atoms with Crippen molar-refractivity contribution in [1.29, 1.82) is 0 Å². The standard InChI is InChI=1S/C15H20N4O2.C2HF3O2/c1-20-13-5-11-12(6-14(13)21-2)17-9-18-15(11)19-7-10(8-19)3-4-16;3-2(4,5)1(6)7/h5-6,9-10H,3-4,7-8,16H2,1-2H3;(H,6,7). The van der Waals surface area contributed by atoms with E-state index in [1.54, 1.807) is 20.5 Å². The molecule has 2 heterocycles. The molecule has 1 aromatic heterocycles. The first-order valence-electron chi connectivity index (χ1n) is 8.33. The Morgan fingerprint density at radius 3 is 2.32 bits per heavy atom. The van der Waals surface area contributed by atoms with E-state index in [4.69, 9.17) is 25.1 Å². The fraction of sp³-hybridized carbons (Fsp3) is 0.471. The molecule has 3 N–H and O–H groups in total. The first kappa shape index (κ1) is 21.5. The summed E-state index contributed by atoms with van der Waals surface area (Å²) in [6.07, 6.45) is -2.42. The number of halogens is 3. The number of hydrogen-bond donors (Lipinski definition) is 2. The van der Waals surface area contributed by atoms with Crippen molar-refractivity contribution in [1.82, 2.24) is 9.97 Å². The molecule has 0 radical (unpaired) electrons. The maximum Gasteiger partial charge on any atom is 0.490 e. The Labute approximate surface area is 159 Å². The fourth-order valence-corrected chi connectivity index (χ4v) is 2.78. The van der Waals surface area contributed by atoms with Gasteiger partial charge in [-0.15, -0.1) is 0 Å². The van der Waals surface area contributed by atoms with Crippen molar-refractivity contribution in [3.63, 3.8) is 0 Å². The summed E-state index contributed by atoms with van der Waals surface area (Å²) in [6.45, 7) is 2.74. The highest BCUT2D eigenvalue weighted by molar-refractivity contribution is 5.92. The Balaban J connectivity index is 0.000000345. The quantitative estimate of drug-likeness (QED) is 0.782. The molecule has 1 aromatic carbocycles. The number of benzene rings is 1. The molecule has 28 heavy (non-hydrogen) atoms. The van der Waals surface area contributed by atoms with Gasteiger partial charge in [-0.25, -0.2) is 14.8 Å². The van der Waals surface area contributed by atoms with Crippen molar-refractivity contribution in [2.45, 2.75) is 12.6 Å². The first-order chi connectivity index (χ1) is 13.2.